The van der Waals surface area contributed by atoms with Crippen LogP contribution in [0.25, 0.3) is 5.69 Å². The summed E-state index contributed by atoms with van der Waals surface area (Å²) < 4.78 is 1.65. The van der Waals surface area contributed by atoms with Gasteiger partial charge in [-0.3, -0.25) is 9.59 Å². The van der Waals surface area contributed by atoms with Gasteiger partial charge in [0, 0.05) is 16.3 Å². The molecule has 0 saturated heterocycles. The third-order valence-corrected chi connectivity index (χ3v) is 4.39. The van der Waals surface area contributed by atoms with Gasteiger partial charge in [-0.1, -0.05) is 23.7 Å². The van der Waals surface area contributed by atoms with Crippen LogP contribution < -0.4 is 11.1 Å². The number of nitrogens with one attached hydrogen (secondary N) is 1. The molecular weight excluding hydrogens is 352 g/mol. The van der Waals surface area contributed by atoms with E-state index in [1.165, 1.54) is 6.20 Å². The number of carbonyl (C=O) groups is 2. The predicted molar refractivity (Wildman–Crippen MR) is 101 cm³/mol. The van der Waals surface area contributed by atoms with Crippen LogP contribution in [-0.2, 0) is 0 Å². The number of halogens is 1. The van der Waals surface area contributed by atoms with Crippen molar-refractivity contribution < 1.29 is 9.59 Å². The molecule has 6 nitrogen and oxygen atoms in total. The summed E-state index contributed by atoms with van der Waals surface area (Å²) in [6.45, 7) is 3.54. The fourth-order valence-electron chi connectivity index (χ4n) is 2.73. The van der Waals surface area contributed by atoms with Gasteiger partial charge < -0.3 is 11.1 Å². The zero-order valence-corrected chi connectivity index (χ0v) is 15.0. The number of primary amides is 1. The van der Waals surface area contributed by atoms with Crippen LogP contribution in [0.2, 0.25) is 5.02 Å². The first-order chi connectivity index (χ1) is 12.4. The molecule has 0 atom stereocenters. The number of aromatic nitrogens is 2. The maximum Gasteiger partial charge on any atom is 0.259 e. The van der Waals surface area contributed by atoms with Crippen LogP contribution in [0, 0.1) is 13.8 Å². The number of carbonyl (C=O) groups excluding carboxylic acids is 2. The Bertz CT molecular complexity index is 1010. The molecular formula is C19H17ClN4O2. The molecule has 1 aromatic heterocycles. The Hall–Kier alpha value is -3.12. The van der Waals surface area contributed by atoms with Crippen molar-refractivity contribution >= 4 is 29.1 Å². The molecule has 3 aromatic rings. The summed E-state index contributed by atoms with van der Waals surface area (Å²) in [5.74, 6) is -0.857. The van der Waals surface area contributed by atoms with E-state index in [-0.39, 0.29) is 5.91 Å². The number of nitrogens with zero attached hydrogens (tertiary/aromatic N) is 2. The first kappa shape index (κ1) is 17.7. The van der Waals surface area contributed by atoms with E-state index in [4.69, 9.17) is 17.3 Å². The molecule has 0 aliphatic heterocycles. The standard InChI is InChI=1S/C19H17ClN4O2/c1-11-15(18(21)25)7-4-8-17(11)23-19(26)16-10-22-24(12(16)2)14-6-3-5-13(20)9-14/h3-10H,1-2H3,(H2,21,25)(H,23,26). The van der Waals surface area contributed by atoms with E-state index in [1.54, 1.807) is 48.9 Å². The SMILES string of the molecule is Cc1c(NC(=O)c2cnn(-c3cccc(Cl)c3)c2C)cccc1C(N)=O. The van der Waals surface area contributed by atoms with Gasteiger partial charge in [-0.05, 0) is 49.7 Å². The van der Waals surface area contributed by atoms with E-state index in [0.29, 0.717) is 33.1 Å². The van der Waals surface area contributed by atoms with Crippen LogP contribution in [0.15, 0.2) is 48.7 Å². The van der Waals surface area contributed by atoms with Gasteiger partial charge in [0.05, 0.1) is 23.1 Å². The molecule has 0 aliphatic rings. The van der Waals surface area contributed by atoms with Gasteiger partial charge in [-0.2, -0.15) is 5.10 Å². The lowest BCUT2D eigenvalue weighted by Crippen LogP contribution is -2.17. The normalized spacial score (nSPS) is 10.6. The molecule has 0 unspecified atom stereocenters. The lowest BCUT2D eigenvalue weighted by Gasteiger charge is -2.11. The molecule has 1 heterocycles. The fraction of sp³-hybridized carbons (Fsp3) is 0.105. The molecule has 0 spiro atoms. The second-order valence-corrected chi connectivity index (χ2v) is 6.27. The van der Waals surface area contributed by atoms with Gasteiger partial charge in [-0.25, -0.2) is 4.68 Å². The maximum absolute atomic E-state index is 12.7. The fourth-order valence-corrected chi connectivity index (χ4v) is 2.91. The van der Waals surface area contributed by atoms with Gasteiger partial charge in [-0.15, -0.1) is 0 Å². The number of rotatable bonds is 4. The number of amides is 2. The van der Waals surface area contributed by atoms with E-state index >= 15 is 0 Å². The molecule has 7 heteroatoms. The minimum Gasteiger partial charge on any atom is -0.366 e. The zero-order chi connectivity index (χ0) is 18.8. The summed E-state index contributed by atoms with van der Waals surface area (Å²) in [5.41, 5.74) is 8.74. The molecule has 26 heavy (non-hydrogen) atoms. The topological polar surface area (TPSA) is 90.0 Å². The summed E-state index contributed by atoms with van der Waals surface area (Å²) in [5, 5.41) is 7.68. The molecule has 3 N–H and O–H groups in total. The second kappa shape index (κ2) is 7.01. The highest BCUT2D eigenvalue weighted by Gasteiger charge is 2.17. The van der Waals surface area contributed by atoms with E-state index in [9.17, 15) is 9.59 Å². The molecule has 0 aliphatic carbocycles. The molecule has 0 radical (unpaired) electrons. The number of nitrogens with two attached hydrogens (primary N) is 1. The van der Waals surface area contributed by atoms with Crippen molar-refractivity contribution in [1.82, 2.24) is 9.78 Å². The van der Waals surface area contributed by atoms with Crippen molar-refractivity contribution in [1.29, 1.82) is 0 Å². The lowest BCUT2D eigenvalue weighted by molar-refractivity contribution is 0.0995. The minimum atomic E-state index is -0.538. The van der Waals surface area contributed by atoms with Gasteiger partial charge >= 0.3 is 0 Å². The van der Waals surface area contributed by atoms with Crippen molar-refractivity contribution in [3.8, 4) is 5.69 Å². The number of hydrogen-bond donors (Lipinski definition) is 2. The Morgan fingerprint density at radius 3 is 2.54 bits per heavy atom. The van der Waals surface area contributed by atoms with Crippen LogP contribution in [-0.4, -0.2) is 21.6 Å². The summed E-state index contributed by atoms with van der Waals surface area (Å²) in [4.78, 5) is 24.1. The Balaban J connectivity index is 1.91. The summed E-state index contributed by atoms with van der Waals surface area (Å²) in [6.07, 6.45) is 1.50. The number of benzene rings is 2. The first-order valence-electron chi connectivity index (χ1n) is 7.90. The van der Waals surface area contributed by atoms with Crippen LogP contribution in [0.4, 0.5) is 5.69 Å². The molecule has 0 bridgehead atoms. The monoisotopic (exact) mass is 368 g/mol. The highest BCUT2D eigenvalue weighted by atomic mass is 35.5. The summed E-state index contributed by atoms with van der Waals surface area (Å²) >= 11 is 6.02. The van der Waals surface area contributed by atoms with Gasteiger partial charge in [0.1, 0.15) is 0 Å². The zero-order valence-electron chi connectivity index (χ0n) is 14.3. The van der Waals surface area contributed by atoms with Crippen LogP contribution >= 0.6 is 11.6 Å². The van der Waals surface area contributed by atoms with Crippen LogP contribution in [0.1, 0.15) is 32.0 Å². The third-order valence-electron chi connectivity index (χ3n) is 4.15. The molecule has 3 rings (SSSR count). The summed E-state index contributed by atoms with van der Waals surface area (Å²) in [7, 11) is 0. The molecule has 2 amide bonds. The second-order valence-electron chi connectivity index (χ2n) is 5.83. The third kappa shape index (κ3) is 3.32. The predicted octanol–water partition coefficient (Wildman–Crippen LogP) is 3.49. The number of hydrogen-bond acceptors (Lipinski definition) is 3. The van der Waals surface area contributed by atoms with E-state index in [1.807, 2.05) is 12.1 Å². The maximum atomic E-state index is 12.7. The van der Waals surface area contributed by atoms with Gasteiger partial charge in [0.2, 0.25) is 5.91 Å². The highest BCUT2D eigenvalue weighted by molar-refractivity contribution is 6.30. The van der Waals surface area contributed by atoms with E-state index < -0.39 is 5.91 Å². The van der Waals surface area contributed by atoms with Gasteiger partial charge in [0.25, 0.3) is 5.91 Å². The molecule has 0 fully saturated rings. The van der Waals surface area contributed by atoms with Crippen molar-refractivity contribution in [3.05, 3.63) is 76.1 Å². The minimum absolute atomic E-state index is 0.319. The lowest BCUT2D eigenvalue weighted by atomic mass is 10.1. The first-order valence-corrected chi connectivity index (χ1v) is 8.27. The molecule has 2 aromatic carbocycles. The Morgan fingerprint density at radius 1 is 1.12 bits per heavy atom. The Kier molecular flexibility index (Phi) is 4.77. The quantitative estimate of drug-likeness (QED) is 0.738. The average Bonchev–Trinajstić information content (AvgIpc) is 2.98. The van der Waals surface area contributed by atoms with E-state index in [2.05, 4.69) is 10.4 Å². The van der Waals surface area contributed by atoms with Crippen LogP contribution in [0.5, 0.6) is 0 Å². The van der Waals surface area contributed by atoms with Crippen molar-refractivity contribution in [2.75, 3.05) is 5.32 Å². The van der Waals surface area contributed by atoms with Crippen molar-refractivity contribution in [2.24, 2.45) is 5.73 Å². The number of anilines is 1. The van der Waals surface area contributed by atoms with E-state index in [0.717, 1.165) is 5.69 Å². The Morgan fingerprint density at radius 2 is 1.85 bits per heavy atom. The summed E-state index contributed by atoms with van der Waals surface area (Å²) in [6, 6.07) is 12.2. The largest absolute Gasteiger partial charge is 0.366 e. The average molecular weight is 369 g/mol. The highest BCUT2D eigenvalue weighted by Crippen LogP contribution is 2.22. The Labute approximate surface area is 155 Å². The molecule has 132 valence electrons. The van der Waals surface area contributed by atoms with Crippen molar-refractivity contribution in [2.45, 2.75) is 13.8 Å². The molecule has 0 saturated carbocycles. The smallest absolute Gasteiger partial charge is 0.259 e. The van der Waals surface area contributed by atoms with Crippen molar-refractivity contribution in [3.63, 3.8) is 0 Å². The van der Waals surface area contributed by atoms with Gasteiger partial charge in [0.15, 0.2) is 0 Å². The van der Waals surface area contributed by atoms with Crippen LogP contribution in [0.3, 0.4) is 0 Å².